The molecular weight excluding hydrogens is 316 g/mol. The Morgan fingerprint density at radius 3 is 2.70 bits per heavy atom. The van der Waals surface area contributed by atoms with Crippen molar-refractivity contribution in [3.63, 3.8) is 0 Å². The van der Waals surface area contributed by atoms with Crippen LogP contribution in [0.2, 0.25) is 0 Å². The molecule has 0 spiro atoms. The molecule has 1 aromatic carbocycles. The second kappa shape index (κ2) is 6.88. The van der Waals surface area contributed by atoms with Crippen LogP contribution in [0.4, 0.5) is 5.69 Å². The zero-order chi connectivity index (χ0) is 16.3. The predicted molar refractivity (Wildman–Crippen MR) is 87.7 cm³/mol. The lowest BCUT2D eigenvalue weighted by atomic mass is 10.2. The van der Waals surface area contributed by atoms with Gasteiger partial charge in [0.2, 0.25) is 10.0 Å². The summed E-state index contributed by atoms with van der Waals surface area (Å²) in [7, 11) is -3.66. The van der Waals surface area contributed by atoms with E-state index < -0.39 is 22.0 Å². The molecule has 2 saturated heterocycles. The monoisotopic (exact) mass is 338 g/mol. The van der Waals surface area contributed by atoms with Crippen LogP contribution in [0.3, 0.4) is 0 Å². The molecule has 0 aromatic heterocycles. The summed E-state index contributed by atoms with van der Waals surface area (Å²) in [6.07, 6.45) is 2.84. The molecule has 2 heterocycles. The van der Waals surface area contributed by atoms with Crippen LogP contribution in [0.25, 0.3) is 0 Å². The summed E-state index contributed by atoms with van der Waals surface area (Å²) >= 11 is 0. The van der Waals surface area contributed by atoms with Gasteiger partial charge in [-0.25, -0.2) is 8.42 Å². The van der Waals surface area contributed by atoms with Gasteiger partial charge in [-0.1, -0.05) is 18.2 Å². The molecule has 0 aliphatic carbocycles. The molecule has 23 heavy (non-hydrogen) atoms. The standard InChI is InChI=1S/C16H22N2O4S/c19-16(17-23(20,21)12-14-8-5-11-22-14)15-9-4-10-18(15)13-6-2-1-3-7-13/h1-3,6-7,14-15H,4-5,8-12H2,(H,17,19)/t14-,15+/m1/s1. The number of carbonyl (C=O) groups excluding carboxylic acids is 1. The highest BCUT2D eigenvalue weighted by Gasteiger charge is 2.34. The Hall–Kier alpha value is -1.60. The number of benzene rings is 1. The maximum absolute atomic E-state index is 12.4. The Kier molecular flexibility index (Phi) is 4.87. The fourth-order valence-corrected chi connectivity index (χ4v) is 4.53. The zero-order valence-electron chi connectivity index (χ0n) is 13.0. The first-order valence-corrected chi connectivity index (χ1v) is 9.68. The molecule has 1 amide bonds. The highest BCUT2D eigenvalue weighted by molar-refractivity contribution is 7.90. The molecule has 7 heteroatoms. The van der Waals surface area contributed by atoms with Crippen LogP contribution >= 0.6 is 0 Å². The predicted octanol–water partition coefficient (Wildman–Crippen LogP) is 1.28. The van der Waals surface area contributed by atoms with Crippen LogP contribution in [0, 0.1) is 0 Å². The summed E-state index contributed by atoms with van der Waals surface area (Å²) in [5, 5.41) is 0. The molecule has 3 rings (SSSR count). The van der Waals surface area contributed by atoms with Gasteiger partial charge in [-0.15, -0.1) is 0 Å². The van der Waals surface area contributed by atoms with E-state index in [0.717, 1.165) is 31.5 Å². The van der Waals surface area contributed by atoms with Crippen molar-refractivity contribution in [3.8, 4) is 0 Å². The number of sulfonamides is 1. The van der Waals surface area contributed by atoms with E-state index in [4.69, 9.17) is 4.74 Å². The Balaban J connectivity index is 1.64. The molecule has 1 N–H and O–H groups in total. The van der Waals surface area contributed by atoms with Gasteiger partial charge < -0.3 is 9.64 Å². The normalized spacial score (nSPS) is 24.8. The van der Waals surface area contributed by atoms with Crippen molar-refractivity contribution in [3.05, 3.63) is 30.3 Å². The molecule has 1 aromatic rings. The molecule has 6 nitrogen and oxygen atoms in total. The lowest BCUT2D eigenvalue weighted by Gasteiger charge is -2.26. The molecular formula is C16H22N2O4S. The van der Waals surface area contributed by atoms with E-state index in [2.05, 4.69) is 4.72 Å². The van der Waals surface area contributed by atoms with Crippen LogP contribution in [0.5, 0.6) is 0 Å². The van der Waals surface area contributed by atoms with Crippen LogP contribution in [-0.2, 0) is 19.6 Å². The molecule has 2 atom stereocenters. The number of amides is 1. The first kappa shape index (κ1) is 16.3. The molecule has 0 bridgehead atoms. The minimum absolute atomic E-state index is 0.142. The van der Waals surface area contributed by atoms with E-state index in [-0.39, 0.29) is 11.9 Å². The van der Waals surface area contributed by atoms with Gasteiger partial charge in [-0.3, -0.25) is 9.52 Å². The smallest absolute Gasteiger partial charge is 0.256 e. The van der Waals surface area contributed by atoms with Crippen molar-refractivity contribution in [1.29, 1.82) is 0 Å². The Morgan fingerprint density at radius 2 is 2.00 bits per heavy atom. The zero-order valence-corrected chi connectivity index (χ0v) is 13.8. The summed E-state index contributed by atoms with van der Waals surface area (Å²) in [5.41, 5.74) is 0.946. The number of nitrogens with one attached hydrogen (secondary N) is 1. The number of ether oxygens (including phenoxy) is 1. The maximum Gasteiger partial charge on any atom is 0.256 e. The van der Waals surface area contributed by atoms with Crippen LogP contribution in [0.1, 0.15) is 25.7 Å². The fourth-order valence-electron chi connectivity index (χ4n) is 3.25. The summed E-state index contributed by atoms with van der Waals surface area (Å²) < 4.78 is 31.9. The average molecular weight is 338 g/mol. The maximum atomic E-state index is 12.4. The van der Waals surface area contributed by atoms with Crippen molar-refractivity contribution in [2.45, 2.75) is 37.8 Å². The minimum atomic E-state index is -3.66. The van der Waals surface area contributed by atoms with E-state index in [1.165, 1.54) is 0 Å². The molecule has 0 saturated carbocycles. The third-order valence-electron chi connectivity index (χ3n) is 4.33. The minimum Gasteiger partial charge on any atom is -0.377 e. The number of carbonyl (C=O) groups is 1. The van der Waals surface area contributed by atoms with Gasteiger partial charge in [0.1, 0.15) is 6.04 Å². The number of rotatable bonds is 5. The fraction of sp³-hybridized carbons (Fsp3) is 0.562. The molecule has 2 aliphatic rings. The van der Waals surface area contributed by atoms with Crippen molar-refractivity contribution in [2.24, 2.45) is 0 Å². The average Bonchev–Trinajstić information content (AvgIpc) is 3.18. The van der Waals surface area contributed by atoms with Gasteiger partial charge in [-0.2, -0.15) is 0 Å². The lowest BCUT2D eigenvalue weighted by Crippen LogP contribution is -2.47. The number of hydrogen-bond donors (Lipinski definition) is 1. The Labute approximate surface area is 136 Å². The van der Waals surface area contributed by atoms with Gasteiger partial charge in [-0.05, 0) is 37.8 Å². The van der Waals surface area contributed by atoms with E-state index in [1.807, 2.05) is 35.2 Å². The molecule has 2 fully saturated rings. The highest BCUT2D eigenvalue weighted by atomic mass is 32.2. The quantitative estimate of drug-likeness (QED) is 0.875. The van der Waals surface area contributed by atoms with Gasteiger partial charge in [0.15, 0.2) is 0 Å². The molecule has 0 radical (unpaired) electrons. The lowest BCUT2D eigenvalue weighted by molar-refractivity contribution is -0.120. The topological polar surface area (TPSA) is 75.7 Å². The first-order chi connectivity index (χ1) is 11.1. The Bertz CT molecular complexity index is 641. The van der Waals surface area contributed by atoms with Gasteiger partial charge in [0.05, 0.1) is 11.9 Å². The molecule has 2 aliphatic heterocycles. The molecule has 126 valence electrons. The van der Waals surface area contributed by atoms with Crippen LogP contribution < -0.4 is 9.62 Å². The van der Waals surface area contributed by atoms with Gasteiger partial charge in [0, 0.05) is 18.8 Å². The van der Waals surface area contributed by atoms with Crippen molar-refractivity contribution in [1.82, 2.24) is 4.72 Å². The number of para-hydroxylation sites is 1. The summed E-state index contributed by atoms with van der Waals surface area (Å²) in [5.74, 6) is -0.582. The largest absolute Gasteiger partial charge is 0.377 e. The summed E-state index contributed by atoms with van der Waals surface area (Å²) in [4.78, 5) is 14.4. The second-order valence-electron chi connectivity index (χ2n) is 6.07. The molecule has 0 unspecified atom stereocenters. The van der Waals surface area contributed by atoms with Crippen LogP contribution in [0.15, 0.2) is 30.3 Å². The van der Waals surface area contributed by atoms with Crippen molar-refractivity contribution in [2.75, 3.05) is 23.8 Å². The summed E-state index contributed by atoms with van der Waals surface area (Å²) in [6, 6.07) is 9.18. The summed E-state index contributed by atoms with van der Waals surface area (Å²) in [6.45, 7) is 1.35. The van der Waals surface area contributed by atoms with Crippen LogP contribution in [-0.4, -0.2) is 45.4 Å². The third kappa shape index (κ3) is 4.03. The van der Waals surface area contributed by atoms with E-state index in [9.17, 15) is 13.2 Å². The third-order valence-corrected chi connectivity index (χ3v) is 5.65. The highest BCUT2D eigenvalue weighted by Crippen LogP contribution is 2.25. The Morgan fingerprint density at radius 1 is 1.22 bits per heavy atom. The number of nitrogens with zero attached hydrogens (tertiary/aromatic N) is 1. The van der Waals surface area contributed by atoms with Crippen molar-refractivity contribution >= 4 is 21.6 Å². The second-order valence-corrected chi connectivity index (χ2v) is 7.84. The van der Waals surface area contributed by atoms with Crippen molar-refractivity contribution < 1.29 is 17.9 Å². The van der Waals surface area contributed by atoms with E-state index in [1.54, 1.807) is 0 Å². The van der Waals surface area contributed by atoms with E-state index >= 15 is 0 Å². The van der Waals surface area contributed by atoms with E-state index in [0.29, 0.717) is 13.0 Å². The first-order valence-electron chi connectivity index (χ1n) is 8.03. The number of hydrogen-bond acceptors (Lipinski definition) is 5. The number of anilines is 1. The van der Waals surface area contributed by atoms with Gasteiger partial charge >= 0.3 is 0 Å². The SMILES string of the molecule is O=C(NS(=O)(=O)C[C@H]1CCCO1)[C@@H]1CCCN1c1ccccc1. The van der Waals surface area contributed by atoms with Gasteiger partial charge in [0.25, 0.3) is 5.91 Å².